The minimum atomic E-state index is -1.14. The summed E-state index contributed by atoms with van der Waals surface area (Å²) in [5.74, 6) is -1.42. The number of allylic oxidation sites excluding steroid dienone is 1. The number of hydrogen-bond acceptors (Lipinski definition) is 4. The van der Waals surface area contributed by atoms with Crippen molar-refractivity contribution >= 4 is 40.0 Å². The Hall–Kier alpha value is -3.39. The summed E-state index contributed by atoms with van der Waals surface area (Å²) < 4.78 is 5.82. The minimum absolute atomic E-state index is 0.0346. The quantitative estimate of drug-likeness (QED) is 0.346. The first-order valence-corrected chi connectivity index (χ1v) is 9.82. The van der Waals surface area contributed by atoms with E-state index in [1.165, 1.54) is 13.0 Å². The van der Waals surface area contributed by atoms with E-state index in [2.05, 4.69) is 26.6 Å². The van der Waals surface area contributed by atoms with Crippen LogP contribution in [0.3, 0.4) is 0 Å². The molecular formula is C22H19BrN2O5. The third-order valence-corrected chi connectivity index (χ3v) is 5.21. The Labute approximate surface area is 181 Å². The van der Waals surface area contributed by atoms with Crippen molar-refractivity contribution in [3.63, 3.8) is 0 Å². The first kappa shape index (κ1) is 21.3. The van der Waals surface area contributed by atoms with Crippen LogP contribution in [0.4, 0.5) is 4.79 Å². The zero-order valence-electron chi connectivity index (χ0n) is 16.2. The zero-order chi connectivity index (χ0) is 21.8. The normalized spacial score (nSPS) is 16.2. The van der Waals surface area contributed by atoms with Gasteiger partial charge in [-0.25, -0.2) is 14.4 Å². The minimum Gasteiger partial charge on any atom is -0.478 e. The Morgan fingerprint density at radius 2 is 1.90 bits per heavy atom. The van der Waals surface area contributed by atoms with Gasteiger partial charge in [0.05, 0.1) is 16.1 Å². The third kappa shape index (κ3) is 4.77. The van der Waals surface area contributed by atoms with Gasteiger partial charge in [-0.05, 0) is 64.7 Å². The molecule has 1 aliphatic rings. The second-order valence-corrected chi connectivity index (χ2v) is 7.53. The average Bonchev–Trinajstić information content (AvgIpc) is 2.68. The number of carboxylic acids is 1. The van der Waals surface area contributed by atoms with Crippen LogP contribution in [0.1, 0.15) is 29.7 Å². The molecule has 0 saturated carbocycles. The lowest BCUT2D eigenvalue weighted by molar-refractivity contribution is -0.133. The predicted octanol–water partition coefficient (Wildman–Crippen LogP) is 4.09. The number of carbonyl (C=O) groups excluding carboxylic acids is 2. The van der Waals surface area contributed by atoms with Crippen LogP contribution in [0.2, 0.25) is 0 Å². The van der Waals surface area contributed by atoms with Crippen LogP contribution in [0.5, 0.6) is 5.75 Å². The van der Waals surface area contributed by atoms with Crippen LogP contribution in [0.15, 0.2) is 64.3 Å². The molecule has 8 heteroatoms. The Kier molecular flexibility index (Phi) is 6.37. The van der Waals surface area contributed by atoms with Crippen molar-refractivity contribution in [2.24, 2.45) is 0 Å². The van der Waals surface area contributed by atoms with Crippen molar-refractivity contribution in [3.8, 4) is 5.75 Å². The van der Waals surface area contributed by atoms with Gasteiger partial charge < -0.3 is 20.5 Å². The van der Waals surface area contributed by atoms with E-state index in [1.54, 1.807) is 24.3 Å². The van der Waals surface area contributed by atoms with Gasteiger partial charge in [-0.1, -0.05) is 30.3 Å². The number of carboxylic acid groups (broad SMARTS) is 1. The van der Waals surface area contributed by atoms with Crippen LogP contribution in [0, 0.1) is 6.92 Å². The van der Waals surface area contributed by atoms with Gasteiger partial charge in [0.25, 0.3) is 0 Å². The maximum atomic E-state index is 12.2. The summed E-state index contributed by atoms with van der Waals surface area (Å²) >= 11 is 3.34. The van der Waals surface area contributed by atoms with Gasteiger partial charge in [-0.2, -0.15) is 0 Å². The van der Waals surface area contributed by atoms with Crippen molar-refractivity contribution in [1.29, 1.82) is 0 Å². The maximum Gasteiger partial charge on any atom is 0.336 e. The monoisotopic (exact) mass is 470 g/mol. The molecular weight excluding hydrogens is 452 g/mol. The molecule has 0 radical (unpaired) electrons. The average molecular weight is 471 g/mol. The summed E-state index contributed by atoms with van der Waals surface area (Å²) in [5, 5.41) is 14.6. The van der Waals surface area contributed by atoms with Gasteiger partial charge in [-0.3, -0.25) is 0 Å². The molecule has 0 bridgehead atoms. The molecule has 3 N–H and O–H groups in total. The molecule has 2 amide bonds. The second kappa shape index (κ2) is 8.96. The molecule has 0 aliphatic carbocycles. The summed E-state index contributed by atoms with van der Waals surface area (Å²) in [6.07, 6.45) is 3.02. The van der Waals surface area contributed by atoms with E-state index < -0.39 is 24.0 Å². The molecule has 2 aromatic rings. The smallest absolute Gasteiger partial charge is 0.336 e. The van der Waals surface area contributed by atoms with Gasteiger partial charge >= 0.3 is 18.0 Å². The number of benzene rings is 2. The SMILES string of the molecule is CC1=C(C(=O)O)C(c2ccc(OC(=O)C=Cc3ccccc3C)c(Br)c2)NC(=O)N1. The fourth-order valence-electron chi connectivity index (χ4n) is 3.08. The fourth-order valence-corrected chi connectivity index (χ4v) is 3.56. The van der Waals surface area contributed by atoms with E-state index in [1.807, 2.05) is 31.2 Å². The number of hydrogen-bond donors (Lipinski definition) is 3. The van der Waals surface area contributed by atoms with Gasteiger partial charge in [0.1, 0.15) is 5.75 Å². The van der Waals surface area contributed by atoms with Crippen molar-refractivity contribution in [2.45, 2.75) is 19.9 Å². The maximum absolute atomic E-state index is 12.2. The topological polar surface area (TPSA) is 105 Å². The van der Waals surface area contributed by atoms with Crippen molar-refractivity contribution in [1.82, 2.24) is 10.6 Å². The highest BCUT2D eigenvalue weighted by atomic mass is 79.9. The van der Waals surface area contributed by atoms with Gasteiger partial charge in [-0.15, -0.1) is 0 Å². The molecule has 2 aromatic carbocycles. The van der Waals surface area contributed by atoms with Crippen molar-refractivity contribution in [2.75, 3.05) is 0 Å². The number of esters is 1. The van der Waals surface area contributed by atoms with Gasteiger partial charge in [0.2, 0.25) is 0 Å². The van der Waals surface area contributed by atoms with Gasteiger partial charge in [0.15, 0.2) is 0 Å². The highest BCUT2D eigenvalue weighted by Gasteiger charge is 2.31. The summed E-state index contributed by atoms with van der Waals surface area (Å²) in [4.78, 5) is 35.6. The van der Waals surface area contributed by atoms with Crippen LogP contribution >= 0.6 is 15.9 Å². The van der Waals surface area contributed by atoms with Crippen molar-refractivity contribution < 1.29 is 24.2 Å². The Morgan fingerprint density at radius 1 is 1.17 bits per heavy atom. The van der Waals surface area contributed by atoms with E-state index in [0.717, 1.165) is 11.1 Å². The summed E-state index contributed by atoms with van der Waals surface area (Å²) in [6.45, 7) is 3.47. The fraction of sp³-hybridized carbons (Fsp3) is 0.136. The van der Waals surface area contributed by atoms with E-state index in [4.69, 9.17) is 4.74 Å². The van der Waals surface area contributed by atoms with E-state index in [-0.39, 0.29) is 17.0 Å². The molecule has 7 nitrogen and oxygen atoms in total. The largest absolute Gasteiger partial charge is 0.478 e. The number of ether oxygens (including phenoxy) is 1. The molecule has 1 atom stereocenters. The molecule has 3 rings (SSSR count). The first-order chi connectivity index (χ1) is 14.3. The van der Waals surface area contributed by atoms with Crippen LogP contribution in [-0.2, 0) is 9.59 Å². The summed E-state index contributed by atoms with van der Waals surface area (Å²) in [5.41, 5.74) is 2.78. The summed E-state index contributed by atoms with van der Waals surface area (Å²) in [7, 11) is 0. The molecule has 0 saturated heterocycles. The molecule has 1 aliphatic heterocycles. The molecule has 0 spiro atoms. The van der Waals surface area contributed by atoms with Crippen molar-refractivity contribution in [3.05, 3.63) is 81.0 Å². The number of aliphatic carboxylic acids is 1. The molecule has 0 fully saturated rings. The summed E-state index contributed by atoms with van der Waals surface area (Å²) in [6, 6.07) is 11.1. The van der Waals surface area contributed by atoms with E-state index in [0.29, 0.717) is 10.0 Å². The predicted molar refractivity (Wildman–Crippen MR) is 115 cm³/mol. The number of urea groups is 1. The highest BCUT2D eigenvalue weighted by molar-refractivity contribution is 9.10. The lowest BCUT2D eigenvalue weighted by Crippen LogP contribution is -2.45. The van der Waals surface area contributed by atoms with E-state index in [9.17, 15) is 19.5 Å². The number of rotatable bonds is 5. The lowest BCUT2D eigenvalue weighted by Gasteiger charge is -2.27. The standard InChI is InChI=1S/C22H19BrN2O5/c1-12-5-3-4-6-14(12)8-10-18(26)30-17-9-7-15(11-16(17)23)20-19(21(27)28)13(2)24-22(29)25-20/h3-11,20H,1-2H3,(H,27,28)(H2,24,25,29). The number of halogens is 1. The molecule has 1 heterocycles. The first-order valence-electron chi connectivity index (χ1n) is 9.03. The van der Waals surface area contributed by atoms with Gasteiger partial charge in [0, 0.05) is 11.8 Å². The van der Waals surface area contributed by atoms with Crippen LogP contribution < -0.4 is 15.4 Å². The number of carbonyl (C=O) groups is 3. The highest BCUT2D eigenvalue weighted by Crippen LogP contribution is 2.33. The van der Waals surface area contributed by atoms with Crippen LogP contribution in [0.25, 0.3) is 6.08 Å². The molecule has 154 valence electrons. The Balaban J connectivity index is 1.79. The number of amides is 2. The van der Waals surface area contributed by atoms with E-state index >= 15 is 0 Å². The molecule has 0 aromatic heterocycles. The Bertz CT molecular complexity index is 1090. The molecule has 1 unspecified atom stereocenters. The second-order valence-electron chi connectivity index (χ2n) is 6.68. The van der Waals surface area contributed by atoms with Crippen LogP contribution in [-0.4, -0.2) is 23.1 Å². The zero-order valence-corrected chi connectivity index (χ0v) is 17.8. The molecule has 30 heavy (non-hydrogen) atoms. The number of aryl methyl sites for hydroxylation is 1. The number of nitrogens with one attached hydrogen (secondary N) is 2. The lowest BCUT2D eigenvalue weighted by atomic mass is 9.95. The third-order valence-electron chi connectivity index (χ3n) is 4.59. The Morgan fingerprint density at radius 3 is 2.57 bits per heavy atom.